The van der Waals surface area contributed by atoms with Gasteiger partial charge in [-0.1, -0.05) is 0 Å². The van der Waals surface area contributed by atoms with E-state index in [1.807, 2.05) is 0 Å². The van der Waals surface area contributed by atoms with Crippen molar-refractivity contribution in [2.24, 2.45) is 0 Å². The third-order valence-corrected chi connectivity index (χ3v) is 0. The van der Waals surface area contributed by atoms with Crippen molar-refractivity contribution in [2.75, 3.05) is 0 Å². The Balaban J connectivity index is -0.0000000356. The molecule has 0 rings (SSSR count). The maximum absolute atomic E-state index is 8.58. The Morgan fingerprint density at radius 2 is 0.250 bits per heavy atom. The van der Waals surface area contributed by atoms with Crippen LogP contribution in [0.4, 0.5) is 0 Å². The summed E-state index contributed by atoms with van der Waals surface area (Å²) in [5.41, 5.74) is 0. The molecule has 0 aromatic heterocycles. The molecule has 0 aromatic rings. The van der Waals surface area contributed by atoms with E-state index >= 15 is 0 Å². The molecule has 0 saturated carbocycles. The van der Waals surface area contributed by atoms with Crippen LogP contribution >= 0.6 is 0 Å². The summed E-state index contributed by atoms with van der Waals surface area (Å²) in [5, 5.41) is 0. The van der Waals surface area contributed by atoms with Crippen LogP contribution in [0, 0.1) is 0 Å². The molecule has 0 aliphatic rings. The minimum Gasteiger partial charge on any atom is 0 e. The van der Waals surface area contributed by atoms with E-state index in [-0.39, 0.29) is 69.9 Å². The summed E-state index contributed by atoms with van der Waals surface area (Å²) in [6.45, 7) is 0. The van der Waals surface area contributed by atoms with E-state index in [1.165, 1.54) is 0 Å². The normalized spacial score (nSPS) is 10.7. The molecule has 0 aliphatic carbocycles. The van der Waals surface area contributed by atoms with Crippen molar-refractivity contribution in [3.8, 4) is 0 Å². The summed E-state index contributed by atoms with van der Waals surface area (Å²) in [5.74, 6) is 0. The van der Waals surface area contributed by atoms with Crippen LogP contribution in [-0.4, -0.2) is 0 Å². The first kappa shape index (κ1) is 54.4. The molecule has 0 aliphatic heterocycles. The van der Waals surface area contributed by atoms with Crippen LogP contribution in [0.5, 0.6) is 0 Å². The Hall–Kier alpha value is 1.50. The summed E-state index contributed by atoms with van der Waals surface area (Å²) in [6.07, 6.45) is 0. The minimum atomic E-state index is -5.62. The zero-order valence-electron chi connectivity index (χ0n) is 13.5. The van der Waals surface area contributed by atoms with E-state index in [4.69, 9.17) is 94.2 Å². The molecule has 0 unspecified atom stereocenters. The molecular weight excluding hydrogens is 804 g/mol. The van der Waals surface area contributed by atoms with Crippen molar-refractivity contribution in [3.63, 3.8) is 0 Å². The van der Waals surface area contributed by atoms with Crippen LogP contribution in [0.15, 0.2) is 0 Å². The van der Waals surface area contributed by atoms with Gasteiger partial charge < -0.3 is 0 Å². The van der Waals surface area contributed by atoms with E-state index in [2.05, 4.69) is 0 Å². The van der Waals surface area contributed by atoms with Crippen molar-refractivity contribution in [2.45, 2.75) is 0 Å². The topological polar surface area (TPSA) is 446 Å². The van der Waals surface area contributed by atoms with Gasteiger partial charge in [-0.05, 0) is 0 Å². The fraction of sp³-hybridized carbons (Fsp3) is 0. The van der Waals surface area contributed by atoms with Crippen molar-refractivity contribution < 1.29 is 242 Å². The van der Waals surface area contributed by atoms with Gasteiger partial charge in [0.25, 0.3) is 0 Å². The summed E-state index contributed by atoms with van der Waals surface area (Å²) < 4.78 is 206. The molecule has 0 aromatic carbocycles. The van der Waals surface area contributed by atoms with E-state index in [9.17, 15) is 0 Å². The van der Waals surface area contributed by atoms with Crippen LogP contribution in [0.1, 0.15) is 0 Å². The standard InChI is InChI=1S/K.6Mn.24O.V/q+1;;;;;;;;;;;;;;;;;;;;;;;;;6*-1;. The van der Waals surface area contributed by atoms with Gasteiger partial charge in [0.2, 0.25) is 0 Å². The predicted molar refractivity (Wildman–Crippen MR) is 12.4 cm³/mol. The molecule has 24 nitrogen and oxygen atoms in total. The first-order valence-corrected chi connectivity index (χ1v) is 15.3. The molecule has 0 bridgehead atoms. The van der Waals surface area contributed by atoms with Gasteiger partial charge in [-0.2, -0.15) is 0 Å². The molecule has 0 heterocycles. The van der Waals surface area contributed by atoms with Crippen LogP contribution in [-0.2, 0) is 165 Å². The van der Waals surface area contributed by atoms with Gasteiger partial charge in [-0.15, -0.1) is 0 Å². The maximum Gasteiger partial charge on any atom is 0 e. The second kappa shape index (κ2) is 22.9. The molecule has 0 fully saturated rings. The van der Waals surface area contributed by atoms with Gasteiger partial charge in [0.1, 0.15) is 0 Å². The molecule has 0 atom stereocenters. The second-order valence-corrected chi connectivity index (χ2v) is 9.35. The van der Waals surface area contributed by atoms with E-state index in [1.54, 1.807) is 0 Å². The van der Waals surface area contributed by atoms with Crippen molar-refractivity contribution >= 4 is 0 Å². The number of hydrogen-bond donors (Lipinski definition) is 0. The molecule has 0 N–H and O–H groups in total. The van der Waals surface area contributed by atoms with Gasteiger partial charge >= 0.3 is 223 Å². The van der Waals surface area contributed by atoms with Gasteiger partial charge in [0, 0.05) is 18.6 Å². The van der Waals surface area contributed by atoms with Crippen LogP contribution in [0.25, 0.3) is 0 Å². The Morgan fingerprint density at radius 3 is 0.250 bits per heavy atom. The summed E-state index contributed by atoms with van der Waals surface area (Å²) in [7, 11) is 0. The molecule has 0 saturated heterocycles. The molecule has 0 amide bonds. The number of rotatable bonds is 0. The van der Waals surface area contributed by atoms with E-state index in [0.717, 1.165) is 0 Å². The maximum atomic E-state index is 8.58. The molecule has 0 spiro atoms. The Labute approximate surface area is 238 Å². The molecule has 32 heteroatoms. The summed E-state index contributed by atoms with van der Waals surface area (Å²) in [6, 6.07) is 0. The smallest absolute Gasteiger partial charge is 0 e. The van der Waals surface area contributed by atoms with Gasteiger partial charge in [-0.3, -0.25) is 0 Å². The van der Waals surface area contributed by atoms with Crippen molar-refractivity contribution in [1.29, 1.82) is 0 Å². The third kappa shape index (κ3) is 13100. The van der Waals surface area contributed by atoms with E-state index in [0.29, 0.717) is 0 Å². The predicted octanol–water partition coefficient (Wildman–Crippen LogP) is -12.3. The molecule has 197 valence electrons. The monoisotopic (exact) mass is 803 g/mol. The molecular formula is KMn6O24V-5. The van der Waals surface area contributed by atoms with Crippen LogP contribution in [0.3, 0.4) is 0 Å². The Bertz CT molecular complexity index is 1090. The SMILES string of the molecule is [K+].[O]=[Mn](=[O])(=[O])[O-].[O]=[Mn](=[O])(=[O])[O-].[O]=[Mn](=[O])(=[O])[O-].[O]=[Mn](=[O])(=[O])[O-].[O]=[Mn](=[O])(=[O])[O-].[O]=[Mn](=[O])(=[O])[O-].[V]. The number of hydrogen-bond acceptors (Lipinski definition) is 24. The largest absolute Gasteiger partial charge is 0 e. The second-order valence-electron chi connectivity index (χ2n) is 2.27. The Morgan fingerprint density at radius 1 is 0.250 bits per heavy atom. The van der Waals surface area contributed by atoms with Gasteiger partial charge in [-0.25, -0.2) is 0 Å². The average Bonchev–Trinajstić information content (AvgIpc) is 1.94. The van der Waals surface area contributed by atoms with Crippen molar-refractivity contribution in [3.05, 3.63) is 0 Å². The molecule has 1 radical (unpaired) electrons. The van der Waals surface area contributed by atoms with Crippen LogP contribution in [0.2, 0.25) is 0 Å². The zero-order valence-corrected chi connectivity index (χ0v) is 25.1. The first-order chi connectivity index (χ1) is 12.0. The average molecular weight is 804 g/mol. The zero-order chi connectivity index (χ0) is 27.0. The third-order valence-electron chi connectivity index (χ3n) is 0. The van der Waals surface area contributed by atoms with E-state index < -0.39 is 77.8 Å². The summed E-state index contributed by atoms with van der Waals surface area (Å²) >= 11 is -33.8. The summed E-state index contributed by atoms with van der Waals surface area (Å²) in [4.78, 5) is 0. The fourth-order valence-corrected chi connectivity index (χ4v) is 0. The minimum absolute atomic E-state index is 0. The Kier molecular flexibility index (Phi) is 39.0. The first-order valence-electron chi connectivity index (χ1n) is 3.70. The fourth-order valence-electron chi connectivity index (χ4n) is 0. The van der Waals surface area contributed by atoms with Crippen molar-refractivity contribution in [1.82, 2.24) is 0 Å². The molecule has 32 heavy (non-hydrogen) atoms. The van der Waals surface area contributed by atoms with Gasteiger partial charge in [0.15, 0.2) is 0 Å². The quantitative estimate of drug-likeness (QED) is 0.205. The van der Waals surface area contributed by atoms with Gasteiger partial charge in [0.05, 0.1) is 0 Å². The van der Waals surface area contributed by atoms with Crippen LogP contribution < -0.4 is 76.5 Å².